The predicted octanol–water partition coefficient (Wildman–Crippen LogP) is 7.56. The Labute approximate surface area is 145 Å². The zero-order valence-electron chi connectivity index (χ0n) is 15.6. The van der Waals surface area contributed by atoms with Gasteiger partial charge in [0, 0.05) is 6.42 Å². The standard InChI is InChI=1S/C22H40O/c1-2-3-4-5-6-7-8-9-10-11-12-13-14-15-16-17-18-19-20-21-22-23/h6-7,9-10,22H,2-5,8,11-21H2,1H3. The first kappa shape index (κ1) is 22.1. The predicted molar refractivity (Wildman–Crippen MR) is 104 cm³/mol. The highest BCUT2D eigenvalue weighted by atomic mass is 16.1. The molecule has 0 radical (unpaired) electrons. The lowest BCUT2D eigenvalue weighted by atomic mass is 10.1. The third-order valence-corrected chi connectivity index (χ3v) is 4.27. The molecule has 0 aliphatic heterocycles. The van der Waals surface area contributed by atoms with E-state index in [1.165, 1.54) is 83.5 Å². The molecule has 1 heteroatoms. The van der Waals surface area contributed by atoms with Crippen LogP contribution in [-0.4, -0.2) is 6.29 Å². The van der Waals surface area contributed by atoms with Gasteiger partial charge in [-0.1, -0.05) is 89.0 Å². The summed E-state index contributed by atoms with van der Waals surface area (Å²) in [4.78, 5) is 10.2. The van der Waals surface area contributed by atoms with Crippen molar-refractivity contribution in [2.45, 2.75) is 110 Å². The van der Waals surface area contributed by atoms with E-state index in [1.54, 1.807) is 0 Å². The van der Waals surface area contributed by atoms with Gasteiger partial charge in [0.05, 0.1) is 0 Å². The van der Waals surface area contributed by atoms with Crippen LogP contribution >= 0.6 is 0 Å². The van der Waals surface area contributed by atoms with Gasteiger partial charge in [0.2, 0.25) is 0 Å². The lowest BCUT2D eigenvalue weighted by Gasteiger charge is -2.01. The monoisotopic (exact) mass is 320 g/mol. The summed E-state index contributed by atoms with van der Waals surface area (Å²) in [6.07, 6.45) is 30.6. The van der Waals surface area contributed by atoms with E-state index < -0.39 is 0 Å². The quantitative estimate of drug-likeness (QED) is 0.145. The van der Waals surface area contributed by atoms with Crippen molar-refractivity contribution < 1.29 is 4.79 Å². The lowest BCUT2D eigenvalue weighted by Crippen LogP contribution is -1.82. The fourth-order valence-electron chi connectivity index (χ4n) is 2.75. The Morgan fingerprint density at radius 1 is 0.522 bits per heavy atom. The largest absolute Gasteiger partial charge is 0.303 e. The number of hydrogen-bond acceptors (Lipinski definition) is 1. The normalized spacial score (nSPS) is 11.7. The maximum atomic E-state index is 10.2. The average Bonchev–Trinajstić information content (AvgIpc) is 2.57. The Bertz CT molecular complexity index is 278. The van der Waals surface area contributed by atoms with Crippen molar-refractivity contribution in [1.82, 2.24) is 0 Å². The van der Waals surface area contributed by atoms with Gasteiger partial charge in [-0.3, -0.25) is 0 Å². The number of hydrogen-bond donors (Lipinski definition) is 0. The van der Waals surface area contributed by atoms with Crippen LogP contribution in [0.25, 0.3) is 0 Å². The Balaban J connectivity index is 3.12. The van der Waals surface area contributed by atoms with E-state index in [0.717, 1.165) is 25.5 Å². The molecule has 0 unspecified atom stereocenters. The SMILES string of the molecule is CCCCCC=CCC=CCCCCCCCCCCCC=O. The van der Waals surface area contributed by atoms with Crippen molar-refractivity contribution in [1.29, 1.82) is 0 Å². The van der Waals surface area contributed by atoms with Crippen molar-refractivity contribution in [2.24, 2.45) is 0 Å². The first-order valence-corrected chi connectivity index (χ1v) is 10.2. The van der Waals surface area contributed by atoms with Crippen LogP contribution in [-0.2, 0) is 4.79 Å². The van der Waals surface area contributed by atoms with Crippen molar-refractivity contribution in [2.75, 3.05) is 0 Å². The second-order valence-corrected chi connectivity index (χ2v) is 6.60. The van der Waals surface area contributed by atoms with Crippen molar-refractivity contribution in [3.05, 3.63) is 24.3 Å². The number of rotatable bonds is 18. The zero-order chi connectivity index (χ0) is 16.8. The second-order valence-electron chi connectivity index (χ2n) is 6.60. The topological polar surface area (TPSA) is 17.1 Å². The molecule has 1 nitrogen and oxygen atoms in total. The van der Waals surface area contributed by atoms with Gasteiger partial charge in [0.1, 0.15) is 6.29 Å². The summed E-state index contributed by atoms with van der Waals surface area (Å²) in [6, 6.07) is 0. The molecular weight excluding hydrogens is 280 g/mol. The molecule has 0 aromatic heterocycles. The number of carbonyl (C=O) groups is 1. The molecule has 0 saturated heterocycles. The molecule has 0 aliphatic carbocycles. The summed E-state index contributed by atoms with van der Waals surface area (Å²) >= 11 is 0. The summed E-state index contributed by atoms with van der Waals surface area (Å²) in [5, 5.41) is 0. The molecule has 23 heavy (non-hydrogen) atoms. The van der Waals surface area contributed by atoms with E-state index in [0.29, 0.717) is 0 Å². The molecule has 0 rings (SSSR count). The van der Waals surface area contributed by atoms with Crippen LogP contribution in [0.5, 0.6) is 0 Å². The van der Waals surface area contributed by atoms with Crippen LogP contribution < -0.4 is 0 Å². The van der Waals surface area contributed by atoms with Gasteiger partial charge in [-0.05, 0) is 38.5 Å². The molecule has 0 aliphatic rings. The summed E-state index contributed by atoms with van der Waals surface area (Å²) in [7, 11) is 0. The van der Waals surface area contributed by atoms with Crippen molar-refractivity contribution >= 4 is 6.29 Å². The minimum Gasteiger partial charge on any atom is -0.303 e. The van der Waals surface area contributed by atoms with Crippen molar-refractivity contribution in [3.63, 3.8) is 0 Å². The molecule has 0 saturated carbocycles. The summed E-state index contributed by atoms with van der Waals surface area (Å²) in [5.41, 5.74) is 0. The van der Waals surface area contributed by atoms with Crippen LogP contribution in [0.15, 0.2) is 24.3 Å². The van der Waals surface area contributed by atoms with E-state index in [2.05, 4.69) is 31.2 Å². The maximum Gasteiger partial charge on any atom is 0.119 e. The molecule has 0 spiro atoms. The zero-order valence-corrected chi connectivity index (χ0v) is 15.6. The van der Waals surface area contributed by atoms with Crippen LogP contribution in [0.4, 0.5) is 0 Å². The van der Waals surface area contributed by atoms with Gasteiger partial charge in [-0.2, -0.15) is 0 Å². The molecule has 0 aromatic carbocycles. The molecule has 0 atom stereocenters. The van der Waals surface area contributed by atoms with Gasteiger partial charge in [-0.15, -0.1) is 0 Å². The number of allylic oxidation sites excluding steroid dienone is 4. The first-order valence-electron chi connectivity index (χ1n) is 10.2. The van der Waals surface area contributed by atoms with Gasteiger partial charge in [-0.25, -0.2) is 0 Å². The Hall–Kier alpha value is -0.850. The minimum atomic E-state index is 0.752. The third kappa shape index (κ3) is 21.1. The van der Waals surface area contributed by atoms with Crippen LogP contribution in [0.3, 0.4) is 0 Å². The molecule has 0 fully saturated rings. The molecule has 0 amide bonds. The number of carbonyl (C=O) groups excluding carboxylic acids is 1. The summed E-state index contributed by atoms with van der Waals surface area (Å²) in [6.45, 7) is 2.25. The smallest absolute Gasteiger partial charge is 0.119 e. The fourth-order valence-corrected chi connectivity index (χ4v) is 2.75. The third-order valence-electron chi connectivity index (χ3n) is 4.27. The van der Waals surface area contributed by atoms with Gasteiger partial charge >= 0.3 is 0 Å². The molecular formula is C22H40O. The minimum absolute atomic E-state index is 0.752. The van der Waals surface area contributed by atoms with Gasteiger partial charge < -0.3 is 4.79 Å². The maximum absolute atomic E-state index is 10.2. The molecule has 0 heterocycles. The Kier molecular flexibility index (Phi) is 20.4. The Morgan fingerprint density at radius 2 is 0.957 bits per heavy atom. The molecule has 134 valence electrons. The highest BCUT2D eigenvalue weighted by Crippen LogP contribution is 2.11. The molecule has 0 aromatic rings. The van der Waals surface area contributed by atoms with Crippen LogP contribution in [0, 0.1) is 0 Å². The van der Waals surface area contributed by atoms with Crippen LogP contribution in [0.1, 0.15) is 110 Å². The van der Waals surface area contributed by atoms with E-state index >= 15 is 0 Å². The molecule has 0 bridgehead atoms. The molecule has 0 N–H and O–H groups in total. The van der Waals surface area contributed by atoms with E-state index in [-0.39, 0.29) is 0 Å². The highest BCUT2D eigenvalue weighted by molar-refractivity contribution is 5.48. The van der Waals surface area contributed by atoms with Gasteiger partial charge in [0.15, 0.2) is 0 Å². The summed E-state index contributed by atoms with van der Waals surface area (Å²) in [5.74, 6) is 0. The fraction of sp³-hybridized carbons (Fsp3) is 0.773. The average molecular weight is 321 g/mol. The Morgan fingerprint density at radius 3 is 1.43 bits per heavy atom. The van der Waals surface area contributed by atoms with Crippen LogP contribution in [0.2, 0.25) is 0 Å². The lowest BCUT2D eigenvalue weighted by molar-refractivity contribution is -0.107. The second kappa shape index (κ2) is 21.1. The van der Waals surface area contributed by atoms with E-state index in [1.807, 2.05) is 0 Å². The number of aldehydes is 1. The van der Waals surface area contributed by atoms with E-state index in [9.17, 15) is 4.79 Å². The summed E-state index contributed by atoms with van der Waals surface area (Å²) < 4.78 is 0. The highest BCUT2D eigenvalue weighted by Gasteiger charge is 1.92. The van der Waals surface area contributed by atoms with E-state index in [4.69, 9.17) is 0 Å². The van der Waals surface area contributed by atoms with Gasteiger partial charge in [0.25, 0.3) is 0 Å². The number of unbranched alkanes of at least 4 members (excludes halogenated alkanes) is 13. The van der Waals surface area contributed by atoms with Crippen molar-refractivity contribution in [3.8, 4) is 0 Å². The first-order chi connectivity index (χ1) is 11.4.